The minimum atomic E-state index is 0.565. The van der Waals surface area contributed by atoms with Crippen molar-refractivity contribution in [3.05, 3.63) is 72.8 Å². The molecule has 0 saturated carbocycles. The van der Waals surface area contributed by atoms with Crippen molar-refractivity contribution >= 4 is 23.5 Å². The summed E-state index contributed by atoms with van der Waals surface area (Å²) in [6.45, 7) is 7.22. The molecule has 1 N–H and O–H groups in total. The van der Waals surface area contributed by atoms with Crippen LogP contribution in [-0.4, -0.2) is 0 Å². The van der Waals surface area contributed by atoms with Crippen molar-refractivity contribution in [1.82, 2.24) is 0 Å². The van der Waals surface area contributed by atoms with Gasteiger partial charge in [-0.1, -0.05) is 49.6 Å². The number of nitrogens with one attached hydrogen (secondary N) is 1. The van der Waals surface area contributed by atoms with Gasteiger partial charge in [0.1, 0.15) is 0 Å². The third-order valence-electron chi connectivity index (χ3n) is 2.93. The standard InChI is InChI=1S/C10H7N3.C9H8N2/c1-2-9-3-5-10(6-4-9)13(7-11)8-12;1-2-8-3-5-9(6-4-8)11-7-10/h2-6H,1H2;2-6,11H,1H2. The average Bonchev–Trinajstić information content (AvgIpc) is 2.65. The van der Waals surface area contributed by atoms with Gasteiger partial charge in [0.15, 0.2) is 18.6 Å². The first-order chi connectivity index (χ1) is 11.7. The van der Waals surface area contributed by atoms with Crippen LogP contribution in [-0.2, 0) is 0 Å². The van der Waals surface area contributed by atoms with Gasteiger partial charge >= 0.3 is 0 Å². The van der Waals surface area contributed by atoms with Crippen LogP contribution in [0.15, 0.2) is 61.7 Å². The van der Waals surface area contributed by atoms with E-state index in [0.717, 1.165) is 21.7 Å². The second-order valence-corrected chi connectivity index (χ2v) is 4.39. The molecule has 2 rings (SSSR count). The van der Waals surface area contributed by atoms with Crippen LogP contribution in [0.1, 0.15) is 11.1 Å². The molecule has 0 aromatic heterocycles. The summed E-state index contributed by atoms with van der Waals surface area (Å²) < 4.78 is 0. The minimum Gasteiger partial charge on any atom is -0.293 e. The molecule has 0 bridgehead atoms. The zero-order chi connectivity index (χ0) is 17.8. The third kappa shape index (κ3) is 5.41. The number of nitriles is 3. The molecule has 24 heavy (non-hydrogen) atoms. The van der Waals surface area contributed by atoms with Gasteiger partial charge in [-0.25, -0.2) is 0 Å². The molecule has 0 fully saturated rings. The molecular weight excluding hydrogens is 298 g/mol. The second kappa shape index (κ2) is 9.84. The molecule has 116 valence electrons. The lowest BCUT2D eigenvalue weighted by Crippen LogP contribution is -2.06. The Morgan fingerprint density at radius 3 is 1.62 bits per heavy atom. The van der Waals surface area contributed by atoms with Gasteiger partial charge in [-0.3, -0.25) is 5.32 Å². The second-order valence-electron chi connectivity index (χ2n) is 4.39. The van der Waals surface area contributed by atoms with Gasteiger partial charge in [-0.05, 0) is 35.4 Å². The maximum Gasteiger partial charge on any atom is 0.198 e. The fourth-order valence-corrected chi connectivity index (χ4v) is 1.66. The van der Waals surface area contributed by atoms with E-state index in [9.17, 15) is 0 Å². The fraction of sp³-hybridized carbons (Fsp3) is 0. The number of anilines is 2. The summed E-state index contributed by atoms with van der Waals surface area (Å²) in [6.07, 6.45) is 8.81. The van der Waals surface area contributed by atoms with Gasteiger partial charge in [0.25, 0.3) is 0 Å². The highest BCUT2D eigenvalue weighted by atomic mass is 15.1. The van der Waals surface area contributed by atoms with Crippen LogP contribution in [0, 0.1) is 34.4 Å². The van der Waals surface area contributed by atoms with Crippen LogP contribution in [0.4, 0.5) is 11.4 Å². The molecule has 5 heteroatoms. The lowest BCUT2D eigenvalue weighted by atomic mass is 10.2. The van der Waals surface area contributed by atoms with E-state index in [2.05, 4.69) is 18.5 Å². The lowest BCUT2D eigenvalue weighted by molar-refractivity contribution is 1.26. The predicted octanol–water partition coefficient (Wildman–Crippen LogP) is 4.32. The number of hydrogen-bond donors (Lipinski definition) is 1. The first kappa shape index (κ1) is 18.0. The predicted molar refractivity (Wildman–Crippen MR) is 96.0 cm³/mol. The van der Waals surface area contributed by atoms with Gasteiger partial charge in [-0.2, -0.15) is 20.7 Å². The Morgan fingerprint density at radius 2 is 1.25 bits per heavy atom. The van der Waals surface area contributed by atoms with E-state index < -0.39 is 0 Å². The number of hydrogen-bond acceptors (Lipinski definition) is 5. The Labute approximate surface area is 141 Å². The van der Waals surface area contributed by atoms with E-state index >= 15 is 0 Å². The summed E-state index contributed by atoms with van der Waals surface area (Å²) in [7, 11) is 0. The van der Waals surface area contributed by atoms with E-state index in [1.54, 1.807) is 48.8 Å². The maximum absolute atomic E-state index is 8.54. The number of benzene rings is 2. The number of rotatable bonds is 4. The Kier molecular flexibility index (Phi) is 7.40. The van der Waals surface area contributed by atoms with Crippen LogP contribution in [0.25, 0.3) is 12.2 Å². The van der Waals surface area contributed by atoms with Crippen LogP contribution in [0.5, 0.6) is 0 Å². The van der Waals surface area contributed by atoms with Crippen molar-refractivity contribution < 1.29 is 0 Å². The molecule has 0 aliphatic carbocycles. The van der Waals surface area contributed by atoms with Gasteiger partial charge in [0.2, 0.25) is 0 Å². The van der Waals surface area contributed by atoms with Crippen molar-refractivity contribution in [2.45, 2.75) is 0 Å². The molecule has 0 atom stereocenters. The van der Waals surface area contributed by atoms with E-state index in [1.165, 1.54) is 0 Å². The Bertz CT molecular complexity index is 785. The molecular formula is C19H15N5. The highest BCUT2D eigenvalue weighted by Gasteiger charge is 2.01. The quantitative estimate of drug-likeness (QED) is 0.671. The molecule has 0 radical (unpaired) electrons. The fourth-order valence-electron chi connectivity index (χ4n) is 1.66. The van der Waals surface area contributed by atoms with Crippen molar-refractivity contribution in [3.63, 3.8) is 0 Å². The largest absolute Gasteiger partial charge is 0.293 e. The summed E-state index contributed by atoms with van der Waals surface area (Å²) in [5.41, 5.74) is 3.38. The average molecular weight is 313 g/mol. The van der Waals surface area contributed by atoms with Gasteiger partial charge in [0, 0.05) is 5.69 Å². The van der Waals surface area contributed by atoms with Crippen molar-refractivity contribution in [3.8, 4) is 18.6 Å². The molecule has 0 heterocycles. The van der Waals surface area contributed by atoms with Crippen molar-refractivity contribution in [1.29, 1.82) is 15.8 Å². The summed E-state index contributed by atoms with van der Waals surface area (Å²) in [5, 5.41) is 27.9. The van der Waals surface area contributed by atoms with Crippen LogP contribution in [0.3, 0.4) is 0 Å². The normalized spacial score (nSPS) is 8.21. The Balaban J connectivity index is 0.000000243. The molecule has 0 saturated heterocycles. The van der Waals surface area contributed by atoms with Gasteiger partial charge in [0.05, 0.1) is 5.69 Å². The van der Waals surface area contributed by atoms with Gasteiger partial charge < -0.3 is 0 Å². The Morgan fingerprint density at radius 1 is 0.792 bits per heavy atom. The minimum absolute atomic E-state index is 0.565. The molecule has 0 spiro atoms. The maximum atomic E-state index is 8.54. The topological polar surface area (TPSA) is 86.6 Å². The molecule has 5 nitrogen and oxygen atoms in total. The third-order valence-corrected chi connectivity index (χ3v) is 2.93. The summed E-state index contributed by atoms with van der Waals surface area (Å²) in [4.78, 5) is 0.937. The van der Waals surface area contributed by atoms with Crippen molar-refractivity contribution in [2.24, 2.45) is 0 Å². The van der Waals surface area contributed by atoms with Crippen molar-refractivity contribution in [2.75, 3.05) is 10.2 Å². The smallest absolute Gasteiger partial charge is 0.198 e. The molecule has 2 aromatic rings. The summed E-state index contributed by atoms with van der Waals surface area (Å²) >= 11 is 0. The highest BCUT2D eigenvalue weighted by Crippen LogP contribution is 2.14. The molecule has 0 aliphatic rings. The van der Waals surface area contributed by atoms with E-state index in [4.69, 9.17) is 15.8 Å². The van der Waals surface area contributed by atoms with Crippen LogP contribution >= 0.6 is 0 Å². The monoisotopic (exact) mass is 313 g/mol. The lowest BCUT2D eigenvalue weighted by Gasteiger charge is -2.04. The summed E-state index contributed by atoms with van der Waals surface area (Å²) in [6, 6.07) is 14.4. The van der Waals surface area contributed by atoms with E-state index in [1.807, 2.05) is 30.5 Å². The van der Waals surface area contributed by atoms with Crippen LogP contribution < -0.4 is 10.2 Å². The summed E-state index contributed by atoms with van der Waals surface area (Å²) in [5.74, 6) is 0. The van der Waals surface area contributed by atoms with Gasteiger partial charge in [-0.15, -0.1) is 0 Å². The SMILES string of the molecule is C=Cc1ccc(N(C#N)C#N)cc1.C=Cc1ccc(NC#N)cc1. The van der Waals surface area contributed by atoms with Crippen LogP contribution in [0.2, 0.25) is 0 Å². The molecule has 0 aliphatic heterocycles. The van der Waals surface area contributed by atoms with E-state index in [0.29, 0.717) is 5.69 Å². The zero-order valence-electron chi connectivity index (χ0n) is 13.0. The first-order valence-corrected chi connectivity index (χ1v) is 6.88. The molecule has 0 amide bonds. The Hall–Kier alpha value is -4.01. The zero-order valence-corrected chi connectivity index (χ0v) is 13.0. The highest BCUT2D eigenvalue weighted by molar-refractivity contribution is 5.59. The van der Waals surface area contributed by atoms with E-state index in [-0.39, 0.29) is 0 Å². The number of nitrogens with zero attached hydrogens (tertiary/aromatic N) is 4. The first-order valence-electron chi connectivity index (χ1n) is 6.88. The molecule has 2 aromatic carbocycles. The molecule has 0 unspecified atom stereocenters.